The molecule has 1 aromatic rings. The van der Waals surface area contributed by atoms with Crippen molar-refractivity contribution in [3.05, 3.63) is 29.8 Å². The van der Waals surface area contributed by atoms with E-state index in [1.807, 2.05) is 12.1 Å². The Morgan fingerprint density at radius 3 is 2.50 bits per heavy atom. The summed E-state index contributed by atoms with van der Waals surface area (Å²) in [6.45, 7) is 3.16. The fourth-order valence-corrected chi connectivity index (χ4v) is 1.88. The van der Waals surface area contributed by atoms with Crippen molar-refractivity contribution in [1.82, 2.24) is 0 Å². The van der Waals surface area contributed by atoms with E-state index in [0.717, 1.165) is 29.5 Å². The Balaban J connectivity index is 1.84. The van der Waals surface area contributed by atoms with E-state index >= 15 is 0 Å². The first-order valence-corrected chi connectivity index (χ1v) is 6.19. The van der Waals surface area contributed by atoms with Gasteiger partial charge < -0.3 is 4.74 Å². The van der Waals surface area contributed by atoms with Crippen LogP contribution >= 0.6 is 15.9 Å². The molecular weight excluding hydrogens is 240 g/mol. The van der Waals surface area contributed by atoms with E-state index in [9.17, 15) is 0 Å². The first kappa shape index (κ1) is 10.0. The molecule has 2 heteroatoms. The molecule has 0 amide bonds. The van der Waals surface area contributed by atoms with Crippen molar-refractivity contribution in [3.8, 4) is 5.75 Å². The van der Waals surface area contributed by atoms with Crippen molar-refractivity contribution in [2.45, 2.75) is 18.7 Å². The van der Waals surface area contributed by atoms with Gasteiger partial charge in [0, 0.05) is 5.33 Å². The molecule has 14 heavy (non-hydrogen) atoms. The summed E-state index contributed by atoms with van der Waals surface area (Å²) in [6, 6.07) is 8.29. The Kier molecular flexibility index (Phi) is 3.12. The van der Waals surface area contributed by atoms with Crippen LogP contribution in [0, 0.1) is 11.8 Å². The number of alkyl halides is 1. The predicted octanol–water partition coefficient (Wildman–Crippen LogP) is 3.62. The second kappa shape index (κ2) is 4.35. The first-order valence-electron chi connectivity index (χ1n) is 5.07. The van der Waals surface area contributed by atoms with Gasteiger partial charge in [0.1, 0.15) is 5.75 Å². The van der Waals surface area contributed by atoms with Crippen LogP contribution in [0.3, 0.4) is 0 Å². The van der Waals surface area contributed by atoms with Crippen molar-refractivity contribution >= 4 is 15.9 Å². The molecule has 0 heterocycles. The third-order valence-corrected chi connectivity index (χ3v) is 3.47. The summed E-state index contributed by atoms with van der Waals surface area (Å²) >= 11 is 3.42. The van der Waals surface area contributed by atoms with Crippen LogP contribution in [0.1, 0.15) is 18.9 Å². The number of ether oxygens (including phenoxy) is 1. The van der Waals surface area contributed by atoms with Gasteiger partial charge >= 0.3 is 0 Å². The summed E-state index contributed by atoms with van der Waals surface area (Å²) in [5, 5.41) is 0.910. The molecular formula is C12H15BrO. The van der Waals surface area contributed by atoms with E-state index < -0.39 is 0 Å². The fraction of sp³-hybridized carbons (Fsp3) is 0.500. The van der Waals surface area contributed by atoms with Gasteiger partial charge in [-0.3, -0.25) is 0 Å². The molecule has 1 fully saturated rings. The third kappa shape index (κ3) is 2.50. The van der Waals surface area contributed by atoms with Gasteiger partial charge in [0.05, 0.1) is 6.61 Å². The van der Waals surface area contributed by atoms with Crippen molar-refractivity contribution in [2.75, 3.05) is 6.61 Å². The van der Waals surface area contributed by atoms with E-state index in [1.54, 1.807) is 0 Å². The minimum absolute atomic E-state index is 0.797. The van der Waals surface area contributed by atoms with Crippen LogP contribution < -0.4 is 4.74 Å². The van der Waals surface area contributed by atoms with Crippen LogP contribution in [0.5, 0.6) is 5.75 Å². The number of hydrogen-bond acceptors (Lipinski definition) is 1. The molecule has 0 saturated heterocycles. The highest BCUT2D eigenvalue weighted by Crippen LogP contribution is 2.37. The highest BCUT2D eigenvalue weighted by atomic mass is 79.9. The smallest absolute Gasteiger partial charge is 0.119 e. The Labute approximate surface area is 93.6 Å². The molecule has 76 valence electrons. The Hall–Kier alpha value is -0.500. The van der Waals surface area contributed by atoms with Gasteiger partial charge in [-0.25, -0.2) is 0 Å². The molecule has 0 N–H and O–H groups in total. The number of benzene rings is 1. The summed E-state index contributed by atoms with van der Waals surface area (Å²) in [5.74, 6) is 2.66. The largest absolute Gasteiger partial charge is 0.493 e. The fourth-order valence-electron chi connectivity index (χ4n) is 1.51. The van der Waals surface area contributed by atoms with Crippen LogP contribution in [0.2, 0.25) is 0 Å². The molecule has 1 aromatic carbocycles. The van der Waals surface area contributed by atoms with Crippen LogP contribution in [-0.4, -0.2) is 6.61 Å². The lowest BCUT2D eigenvalue weighted by atomic mass is 10.2. The molecule has 1 saturated carbocycles. The standard InChI is InChI=1S/C12H15BrO/c1-9-6-11(9)8-14-12-4-2-10(7-13)3-5-12/h2-5,9,11H,6-8H2,1H3. The highest BCUT2D eigenvalue weighted by molar-refractivity contribution is 9.08. The van der Waals surface area contributed by atoms with Crippen LogP contribution in [0.25, 0.3) is 0 Å². The van der Waals surface area contributed by atoms with E-state index in [1.165, 1.54) is 12.0 Å². The van der Waals surface area contributed by atoms with E-state index in [2.05, 4.69) is 35.0 Å². The molecule has 0 spiro atoms. The SMILES string of the molecule is CC1CC1COc1ccc(CBr)cc1. The topological polar surface area (TPSA) is 9.23 Å². The maximum atomic E-state index is 5.68. The third-order valence-electron chi connectivity index (χ3n) is 2.82. The molecule has 0 aromatic heterocycles. The zero-order valence-corrected chi connectivity index (χ0v) is 9.96. The number of rotatable bonds is 4. The molecule has 2 rings (SSSR count). The molecule has 1 aliphatic carbocycles. The molecule has 2 atom stereocenters. The van der Waals surface area contributed by atoms with Gasteiger partial charge in [0.15, 0.2) is 0 Å². The lowest BCUT2D eigenvalue weighted by molar-refractivity contribution is 0.293. The maximum absolute atomic E-state index is 5.68. The molecule has 0 aliphatic heterocycles. The zero-order chi connectivity index (χ0) is 9.97. The monoisotopic (exact) mass is 254 g/mol. The van der Waals surface area contributed by atoms with Gasteiger partial charge in [-0.1, -0.05) is 35.0 Å². The zero-order valence-electron chi connectivity index (χ0n) is 8.37. The quantitative estimate of drug-likeness (QED) is 0.747. The Bertz CT molecular complexity index is 294. The van der Waals surface area contributed by atoms with Gasteiger partial charge in [0.2, 0.25) is 0 Å². The summed E-state index contributed by atoms with van der Waals surface area (Å²) in [6.07, 6.45) is 1.33. The lowest BCUT2D eigenvalue weighted by Crippen LogP contribution is -2.00. The van der Waals surface area contributed by atoms with Gasteiger partial charge in [-0.05, 0) is 36.0 Å². The summed E-state index contributed by atoms with van der Waals surface area (Å²) in [7, 11) is 0. The number of halogens is 1. The Morgan fingerprint density at radius 1 is 1.36 bits per heavy atom. The van der Waals surface area contributed by atoms with Crippen molar-refractivity contribution in [3.63, 3.8) is 0 Å². The first-order chi connectivity index (χ1) is 6.79. The van der Waals surface area contributed by atoms with Gasteiger partial charge in [0.25, 0.3) is 0 Å². The minimum atomic E-state index is 0.797. The normalized spacial score (nSPS) is 24.7. The van der Waals surface area contributed by atoms with Gasteiger partial charge in [-0.2, -0.15) is 0 Å². The summed E-state index contributed by atoms with van der Waals surface area (Å²) in [5.41, 5.74) is 1.29. The minimum Gasteiger partial charge on any atom is -0.493 e. The second-order valence-electron chi connectivity index (χ2n) is 4.06. The molecule has 1 aliphatic rings. The summed E-state index contributed by atoms with van der Waals surface area (Å²) in [4.78, 5) is 0. The van der Waals surface area contributed by atoms with Crippen LogP contribution in [0.15, 0.2) is 24.3 Å². The summed E-state index contributed by atoms with van der Waals surface area (Å²) < 4.78 is 5.68. The van der Waals surface area contributed by atoms with Crippen molar-refractivity contribution in [1.29, 1.82) is 0 Å². The average molecular weight is 255 g/mol. The molecule has 2 unspecified atom stereocenters. The molecule has 0 radical (unpaired) electrons. The second-order valence-corrected chi connectivity index (χ2v) is 4.62. The average Bonchev–Trinajstić information content (AvgIpc) is 2.92. The van der Waals surface area contributed by atoms with Crippen molar-refractivity contribution < 1.29 is 4.74 Å². The molecule has 1 nitrogen and oxygen atoms in total. The highest BCUT2D eigenvalue weighted by Gasteiger charge is 2.32. The predicted molar refractivity (Wildman–Crippen MR) is 61.8 cm³/mol. The van der Waals surface area contributed by atoms with E-state index in [-0.39, 0.29) is 0 Å². The Morgan fingerprint density at radius 2 is 2.00 bits per heavy atom. The maximum Gasteiger partial charge on any atom is 0.119 e. The van der Waals surface area contributed by atoms with E-state index in [4.69, 9.17) is 4.74 Å². The van der Waals surface area contributed by atoms with E-state index in [0.29, 0.717) is 0 Å². The van der Waals surface area contributed by atoms with Crippen molar-refractivity contribution in [2.24, 2.45) is 11.8 Å². The van der Waals surface area contributed by atoms with Crippen LogP contribution in [0.4, 0.5) is 0 Å². The molecule has 0 bridgehead atoms. The van der Waals surface area contributed by atoms with Crippen LogP contribution in [-0.2, 0) is 5.33 Å². The lowest BCUT2D eigenvalue weighted by Gasteiger charge is -2.05. The van der Waals surface area contributed by atoms with Gasteiger partial charge in [-0.15, -0.1) is 0 Å². The number of hydrogen-bond donors (Lipinski definition) is 0.